The van der Waals surface area contributed by atoms with Gasteiger partial charge in [-0.2, -0.15) is 8.42 Å². The van der Waals surface area contributed by atoms with Crippen LogP contribution in [-0.4, -0.2) is 52.1 Å². The predicted molar refractivity (Wildman–Crippen MR) is 75.1 cm³/mol. The molecule has 1 N–H and O–H groups in total. The molecule has 0 aliphatic carbocycles. The topological polar surface area (TPSA) is 108 Å². The largest absolute Gasteiger partial charge is 0.460 e. The van der Waals surface area contributed by atoms with Crippen molar-refractivity contribution >= 4 is 22.2 Å². The highest BCUT2D eigenvalue weighted by Crippen LogP contribution is 2.06. The van der Waals surface area contributed by atoms with E-state index in [9.17, 15) is 18.0 Å². The van der Waals surface area contributed by atoms with E-state index in [4.69, 9.17) is 9.47 Å². The SMILES string of the molecule is CC(C)(C)OC(=O)NCC(=O)OC/C=C/COS(C)(=O)=O. The Balaban J connectivity index is 3.77. The van der Waals surface area contributed by atoms with Gasteiger partial charge in [-0.1, -0.05) is 6.08 Å². The zero-order chi connectivity index (χ0) is 16.5. The van der Waals surface area contributed by atoms with E-state index in [1.54, 1.807) is 20.8 Å². The quantitative estimate of drug-likeness (QED) is 0.415. The molecule has 0 aromatic rings. The highest BCUT2D eigenvalue weighted by atomic mass is 32.2. The van der Waals surface area contributed by atoms with Crippen molar-refractivity contribution in [3.05, 3.63) is 12.2 Å². The summed E-state index contributed by atoms with van der Waals surface area (Å²) in [5.41, 5.74) is -0.643. The normalized spacial score (nSPS) is 12.2. The van der Waals surface area contributed by atoms with Crippen LogP contribution < -0.4 is 5.32 Å². The molecule has 0 atom stereocenters. The lowest BCUT2D eigenvalue weighted by Crippen LogP contribution is -2.36. The molecule has 0 spiro atoms. The molecule has 0 radical (unpaired) electrons. The minimum absolute atomic E-state index is 0.0536. The Morgan fingerprint density at radius 3 is 2.24 bits per heavy atom. The van der Waals surface area contributed by atoms with Crippen LogP contribution in [0.15, 0.2) is 12.2 Å². The molecule has 0 bridgehead atoms. The average Bonchev–Trinajstić information content (AvgIpc) is 2.27. The van der Waals surface area contributed by atoms with E-state index in [2.05, 4.69) is 9.50 Å². The maximum atomic E-state index is 11.3. The van der Waals surface area contributed by atoms with Gasteiger partial charge in [0.05, 0.1) is 12.9 Å². The molecule has 0 rings (SSSR count). The van der Waals surface area contributed by atoms with Gasteiger partial charge < -0.3 is 14.8 Å². The van der Waals surface area contributed by atoms with Gasteiger partial charge in [0.2, 0.25) is 0 Å². The molecule has 0 saturated heterocycles. The molecule has 122 valence electrons. The lowest BCUT2D eigenvalue weighted by Gasteiger charge is -2.19. The monoisotopic (exact) mass is 323 g/mol. The summed E-state index contributed by atoms with van der Waals surface area (Å²) in [6.07, 6.45) is 3.05. The van der Waals surface area contributed by atoms with Gasteiger partial charge >= 0.3 is 12.1 Å². The van der Waals surface area contributed by atoms with Gasteiger partial charge in [-0.25, -0.2) is 4.79 Å². The Bertz CT molecular complexity index is 476. The van der Waals surface area contributed by atoms with Gasteiger partial charge in [-0.3, -0.25) is 8.98 Å². The number of alkyl carbamates (subject to hydrolysis) is 1. The van der Waals surface area contributed by atoms with Crippen molar-refractivity contribution in [1.29, 1.82) is 0 Å². The number of carbonyl (C=O) groups is 2. The number of ether oxygens (including phenoxy) is 2. The first kappa shape index (κ1) is 19.4. The van der Waals surface area contributed by atoms with E-state index >= 15 is 0 Å². The fourth-order valence-electron chi connectivity index (χ4n) is 0.950. The third-order valence-corrected chi connectivity index (χ3v) is 2.23. The number of nitrogens with one attached hydrogen (secondary N) is 1. The van der Waals surface area contributed by atoms with E-state index in [0.717, 1.165) is 6.26 Å². The molecule has 1 amide bonds. The molecule has 0 aliphatic heterocycles. The summed E-state index contributed by atoms with van der Waals surface area (Å²) >= 11 is 0. The lowest BCUT2D eigenvalue weighted by atomic mass is 10.2. The first-order chi connectivity index (χ1) is 9.49. The Morgan fingerprint density at radius 2 is 1.71 bits per heavy atom. The van der Waals surface area contributed by atoms with Gasteiger partial charge in [-0.05, 0) is 26.8 Å². The average molecular weight is 323 g/mol. The van der Waals surface area contributed by atoms with Crippen molar-refractivity contribution < 1.29 is 31.7 Å². The standard InChI is InChI=1S/C12H21NO7S/c1-12(2,3)20-11(15)13-9-10(14)18-7-5-6-8-19-21(4,16)17/h5-6H,7-9H2,1-4H3,(H,13,15)/b6-5+. The first-order valence-corrected chi connectivity index (χ1v) is 7.93. The number of esters is 1. The van der Waals surface area contributed by atoms with Crippen LogP contribution in [0, 0.1) is 0 Å². The van der Waals surface area contributed by atoms with Gasteiger partial charge in [0, 0.05) is 0 Å². The van der Waals surface area contributed by atoms with E-state index in [0.29, 0.717) is 0 Å². The Labute approximate surface area is 124 Å². The molecule has 0 saturated carbocycles. The number of carbonyl (C=O) groups excluding carboxylic acids is 2. The number of hydrogen-bond donors (Lipinski definition) is 1. The molecule has 0 unspecified atom stereocenters. The Kier molecular flexibility index (Phi) is 7.97. The molecular formula is C12H21NO7S. The van der Waals surface area contributed by atoms with Gasteiger partial charge in [0.1, 0.15) is 18.8 Å². The molecule has 0 aromatic carbocycles. The number of hydrogen-bond acceptors (Lipinski definition) is 7. The molecular weight excluding hydrogens is 302 g/mol. The van der Waals surface area contributed by atoms with Crippen LogP contribution in [0.25, 0.3) is 0 Å². The third kappa shape index (κ3) is 14.6. The summed E-state index contributed by atoms with van der Waals surface area (Å²) < 4.78 is 35.4. The van der Waals surface area contributed by atoms with Crippen molar-refractivity contribution in [2.45, 2.75) is 26.4 Å². The summed E-state index contributed by atoms with van der Waals surface area (Å²) in [6.45, 7) is 4.61. The molecule has 0 fully saturated rings. The Hall–Kier alpha value is -1.61. The summed E-state index contributed by atoms with van der Waals surface area (Å²) in [5, 5.41) is 2.25. The van der Waals surface area contributed by atoms with Crippen LogP contribution in [0.3, 0.4) is 0 Å². The van der Waals surface area contributed by atoms with Crippen LogP contribution >= 0.6 is 0 Å². The van der Waals surface area contributed by atoms with Crippen molar-refractivity contribution in [1.82, 2.24) is 5.32 Å². The van der Waals surface area contributed by atoms with Crippen LogP contribution in [-0.2, 0) is 28.6 Å². The summed E-state index contributed by atoms with van der Waals surface area (Å²) in [5.74, 6) is -0.644. The first-order valence-electron chi connectivity index (χ1n) is 6.11. The molecule has 0 heterocycles. The van der Waals surface area contributed by atoms with Gasteiger partial charge in [-0.15, -0.1) is 0 Å². The lowest BCUT2D eigenvalue weighted by molar-refractivity contribution is -0.141. The zero-order valence-corrected chi connectivity index (χ0v) is 13.4. The minimum Gasteiger partial charge on any atom is -0.460 e. The fourth-order valence-corrected chi connectivity index (χ4v) is 1.28. The van der Waals surface area contributed by atoms with E-state index in [1.807, 2.05) is 0 Å². The highest BCUT2D eigenvalue weighted by molar-refractivity contribution is 7.85. The van der Waals surface area contributed by atoms with Crippen molar-refractivity contribution in [3.8, 4) is 0 Å². The second-order valence-electron chi connectivity index (χ2n) is 5.00. The summed E-state index contributed by atoms with van der Waals surface area (Å²) in [4.78, 5) is 22.5. The number of amides is 1. The zero-order valence-electron chi connectivity index (χ0n) is 12.5. The minimum atomic E-state index is -3.48. The van der Waals surface area contributed by atoms with Crippen molar-refractivity contribution in [3.63, 3.8) is 0 Å². The fraction of sp³-hybridized carbons (Fsp3) is 0.667. The predicted octanol–water partition coefficient (Wildman–Crippen LogP) is 0.587. The van der Waals surface area contributed by atoms with Crippen molar-refractivity contribution in [2.75, 3.05) is 26.0 Å². The second kappa shape index (κ2) is 8.63. The summed E-state index contributed by atoms with van der Waals surface area (Å²) in [7, 11) is -3.48. The van der Waals surface area contributed by atoms with E-state index in [1.165, 1.54) is 12.2 Å². The second-order valence-corrected chi connectivity index (χ2v) is 6.64. The molecule has 0 aromatic heterocycles. The smallest absolute Gasteiger partial charge is 0.408 e. The van der Waals surface area contributed by atoms with Crippen LogP contribution in [0.1, 0.15) is 20.8 Å². The third-order valence-electron chi connectivity index (χ3n) is 1.66. The van der Waals surface area contributed by atoms with Crippen molar-refractivity contribution in [2.24, 2.45) is 0 Å². The maximum Gasteiger partial charge on any atom is 0.408 e. The van der Waals surface area contributed by atoms with Gasteiger partial charge in [0.15, 0.2) is 0 Å². The molecule has 9 heteroatoms. The van der Waals surface area contributed by atoms with E-state index in [-0.39, 0.29) is 19.8 Å². The van der Waals surface area contributed by atoms with Crippen LogP contribution in [0.5, 0.6) is 0 Å². The molecule has 21 heavy (non-hydrogen) atoms. The highest BCUT2D eigenvalue weighted by Gasteiger charge is 2.16. The number of rotatable bonds is 7. The summed E-state index contributed by atoms with van der Waals surface area (Å²) in [6, 6.07) is 0. The van der Waals surface area contributed by atoms with E-state index < -0.39 is 27.8 Å². The molecule has 8 nitrogen and oxygen atoms in total. The maximum absolute atomic E-state index is 11.3. The van der Waals surface area contributed by atoms with Crippen LogP contribution in [0.4, 0.5) is 4.79 Å². The van der Waals surface area contributed by atoms with Crippen LogP contribution in [0.2, 0.25) is 0 Å². The molecule has 0 aliphatic rings. The van der Waals surface area contributed by atoms with Gasteiger partial charge in [0.25, 0.3) is 10.1 Å². The Morgan fingerprint density at radius 1 is 1.14 bits per heavy atom.